The maximum atomic E-state index is 14.5. The summed E-state index contributed by atoms with van der Waals surface area (Å²) in [6, 6.07) is 17.0. The molecular formula is C27H20F2N4O2S. The Hall–Kier alpha value is -4.11. The molecule has 1 amide bonds. The van der Waals surface area contributed by atoms with Crippen LogP contribution < -0.4 is 9.64 Å². The molecule has 3 heterocycles. The van der Waals surface area contributed by atoms with Gasteiger partial charge in [0.25, 0.3) is 0 Å². The number of carbonyl (C=O) groups is 1. The van der Waals surface area contributed by atoms with Gasteiger partial charge in [-0.1, -0.05) is 47.7 Å². The molecule has 0 fully saturated rings. The van der Waals surface area contributed by atoms with Crippen LogP contribution in [0.2, 0.25) is 0 Å². The monoisotopic (exact) mass is 502 g/mol. The molecule has 0 unspecified atom stereocenters. The van der Waals surface area contributed by atoms with Crippen molar-refractivity contribution in [3.8, 4) is 11.5 Å². The highest BCUT2D eigenvalue weighted by Gasteiger charge is 2.36. The molecule has 1 aliphatic rings. The van der Waals surface area contributed by atoms with Gasteiger partial charge in [-0.05, 0) is 24.6 Å². The van der Waals surface area contributed by atoms with E-state index in [1.54, 1.807) is 17.4 Å². The van der Waals surface area contributed by atoms with Gasteiger partial charge in [0.1, 0.15) is 22.8 Å². The van der Waals surface area contributed by atoms with E-state index < -0.39 is 17.6 Å². The first-order chi connectivity index (χ1) is 17.6. The zero-order valence-corrected chi connectivity index (χ0v) is 19.8. The number of thiazole rings is 1. The van der Waals surface area contributed by atoms with Crippen LogP contribution in [0.1, 0.15) is 23.5 Å². The molecular weight excluding hydrogens is 482 g/mol. The van der Waals surface area contributed by atoms with Crippen molar-refractivity contribution in [1.29, 1.82) is 0 Å². The van der Waals surface area contributed by atoms with Crippen molar-refractivity contribution in [3.63, 3.8) is 0 Å². The van der Waals surface area contributed by atoms with Gasteiger partial charge < -0.3 is 9.30 Å². The second-order valence-corrected chi connectivity index (χ2v) is 9.49. The maximum Gasteiger partial charge on any atom is 0.241 e. The van der Waals surface area contributed by atoms with E-state index in [2.05, 4.69) is 9.97 Å². The fourth-order valence-electron chi connectivity index (χ4n) is 4.52. The number of carbonyl (C=O) groups excluding carboxylic acids is 1. The summed E-state index contributed by atoms with van der Waals surface area (Å²) < 4.78 is 36.7. The van der Waals surface area contributed by atoms with Gasteiger partial charge in [0.05, 0.1) is 16.9 Å². The summed E-state index contributed by atoms with van der Waals surface area (Å²) in [7, 11) is 0. The Morgan fingerprint density at radius 1 is 1.06 bits per heavy atom. The van der Waals surface area contributed by atoms with Gasteiger partial charge in [-0.25, -0.2) is 18.7 Å². The van der Waals surface area contributed by atoms with Crippen LogP contribution in [0.5, 0.6) is 11.5 Å². The number of ether oxygens (including phenoxy) is 1. The van der Waals surface area contributed by atoms with Gasteiger partial charge in [0.2, 0.25) is 5.91 Å². The number of hydrogen-bond acceptors (Lipinski definition) is 5. The van der Waals surface area contributed by atoms with E-state index in [9.17, 15) is 13.6 Å². The number of aryl methyl sites for hydroxylation is 1. The molecule has 0 bridgehead atoms. The highest BCUT2D eigenvalue weighted by Crippen LogP contribution is 2.45. The molecule has 0 radical (unpaired) electrons. The molecule has 180 valence electrons. The van der Waals surface area contributed by atoms with Crippen molar-refractivity contribution in [2.75, 3.05) is 11.4 Å². The van der Waals surface area contributed by atoms with Gasteiger partial charge in [0, 0.05) is 42.7 Å². The summed E-state index contributed by atoms with van der Waals surface area (Å²) in [5, 5.41) is 0.326. The standard InChI is InChI=1S/C27H20F2N4O2S/c28-17-14-20(29)25-23(15-17)36-27(31-25)33(12-5-11-32-13-10-30-16-32)26(34)24-18-6-1-3-8-21(18)35-22-9-4-2-7-19(22)24/h1-4,6-10,13-16,24H,5,11-12H2. The lowest BCUT2D eigenvalue weighted by Crippen LogP contribution is -2.37. The third-order valence-electron chi connectivity index (χ3n) is 6.18. The van der Waals surface area contributed by atoms with E-state index in [0.29, 0.717) is 40.8 Å². The molecule has 5 aromatic rings. The van der Waals surface area contributed by atoms with Crippen LogP contribution in [0.4, 0.5) is 13.9 Å². The van der Waals surface area contributed by atoms with Crippen LogP contribution >= 0.6 is 11.3 Å². The van der Waals surface area contributed by atoms with Gasteiger partial charge in [-0.2, -0.15) is 0 Å². The van der Waals surface area contributed by atoms with Crippen LogP contribution in [0, 0.1) is 11.6 Å². The maximum absolute atomic E-state index is 14.5. The molecule has 0 saturated heterocycles. The molecule has 0 atom stereocenters. The Morgan fingerprint density at radius 3 is 2.47 bits per heavy atom. The summed E-state index contributed by atoms with van der Waals surface area (Å²) in [5.74, 6) is -1.03. The Bertz CT molecular complexity index is 1520. The molecule has 2 aromatic heterocycles. The summed E-state index contributed by atoms with van der Waals surface area (Å²) in [6.07, 6.45) is 5.88. The quantitative estimate of drug-likeness (QED) is 0.280. The number of nitrogens with zero attached hydrogens (tertiary/aromatic N) is 4. The lowest BCUT2D eigenvalue weighted by Gasteiger charge is -2.31. The smallest absolute Gasteiger partial charge is 0.241 e. The Balaban J connectivity index is 1.42. The third-order valence-corrected chi connectivity index (χ3v) is 7.21. The number of anilines is 1. The van der Waals surface area contributed by atoms with E-state index in [4.69, 9.17) is 4.74 Å². The van der Waals surface area contributed by atoms with E-state index in [1.165, 1.54) is 6.07 Å². The Morgan fingerprint density at radius 2 is 1.78 bits per heavy atom. The molecule has 0 saturated carbocycles. The number of halogens is 2. The highest BCUT2D eigenvalue weighted by atomic mass is 32.1. The molecule has 0 aliphatic carbocycles. The SMILES string of the molecule is O=C(C1c2ccccc2Oc2ccccc21)N(CCCn1ccnc1)c1nc2c(F)cc(F)cc2s1. The fourth-order valence-corrected chi connectivity index (χ4v) is 5.56. The van der Waals surface area contributed by atoms with Crippen molar-refractivity contribution >= 4 is 32.6 Å². The first-order valence-corrected chi connectivity index (χ1v) is 12.3. The lowest BCUT2D eigenvalue weighted by atomic mass is 9.87. The normalized spacial score (nSPS) is 12.7. The van der Waals surface area contributed by atoms with Crippen LogP contribution in [0.15, 0.2) is 79.4 Å². The first kappa shape index (κ1) is 22.4. The van der Waals surface area contributed by atoms with E-state index in [0.717, 1.165) is 28.5 Å². The van der Waals surface area contributed by atoms with Crippen LogP contribution in [-0.2, 0) is 11.3 Å². The van der Waals surface area contributed by atoms with Crippen molar-refractivity contribution < 1.29 is 18.3 Å². The summed E-state index contributed by atoms with van der Waals surface area (Å²) in [4.78, 5) is 24.4. The number of benzene rings is 3. The molecule has 9 heteroatoms. The topological polar surface area (TPSA) is 60.2 Å². The number of amides is 1. The zero-order chi connectivity index (χ0) is 24.6. The minimum Gasteiger partial charge on any atom is -0.457 e. The van der Waals surface area contributed by atoms with Crippen LogP contribution in [0.25, 0.3) is 10.2 Å². The third kappa shape index (κ3) is 4.01. The predicted octanol–water partition coefficient (Wildman–Crippen LogP) is 6.13. The van der Waals surface area contributed by atoms with Gasteiger partial charge in [-0.15, -0.1) is 0 Å². The van der Waals surface area contributed by atoms with Gasteiger partial charge in [0.15, 0.2) is 10.9 Å². The first-order valence-electron chi connectivity index (χ1n) is 11.5. The predicted molar refractivity (Wildman–Crippen MR) is 134 cm³/mol. The van der Waals surface area contributed by atoms with Crippen LogP contribution in [-0.4, -0.2) is 27.0 Å². The number of aromatic nitrogens is 3. The average Bonchev–Trinajstić information content (AvgIpc) is 3.55. The van der Waals surface area contributed by atoms with Crippen molar-refractivity contribution in [3.05, 3.63) is 102 Å². The molecule has 0 spiro atoms. The number of imidazole rings is 1. The number of hydrogen-bond donors (Lipinski definition) is 0. The van der Waals surface area contributed by atoms with Crippen molar-refractivity contribution in [1.82, 2.24) is 14.5 Å². The minimum absolute atomic E-state index is 0.0524. The van der Waals surface area contributed by atoms with Gasteiger partial charge in [-0.3, -0.25) is 9.69 Å². The minimum atomic E-state index is -0.750. The number of para-hydroxylation sites is 2. The summed E-state index contributed by atoms with van der Waals surface area (Å²) in [5.41, 5.74) is 1.55. The Kier molecular flexibility index (Phi) is 5.69. The second-order valence-electron chi connectivity index (χ2n) is 8.49. The number of rotatable bonds is 6. The second kappa shape index (κ2) is 9.16. The fraction of sp³-hybridized carbons (Fsp3) is 0.148. The molecule has 6 nitrogen and oxygen atoms in total. The lowest BCUT2D eigenvalue weighted by molar-refractivity contribution is -0.119. The molecule has 0 N–H and O–H groups in total. The van der Waals surface area contributed by atoms with Crippen molar-refractivity contribution in [2.45, 2.75) is 18.9 Å². The summed E-state index contributed by atoms with van der Waals surface area (Å²) in [6.45, 7) is 0.973. The molecule has 3 aromatic carbocycles. The molecule has 36 heavy (non-hydrogen) atoms. The van der Waals surface area contributed by atoms with Gasteiger partial charge >= 0.3 is 0 Å². The average molecular weight is 503 g/mol. The van der Waals surface area contributed by atoms with E-state index >= 15 is 0 Å². The van der Waals surface area contributed by atoms with Crippen molar-refractivity contribution in [2.24, 2.45) is 0 Å². The number of fused-ring (bicyclic) bond motifs is 3. The van der Waals surface area contributed by atoms with E-state index in [-0.39, 0.29) is 11.4 Å². The largest absolute Gasteiger partial charge is 0.457 e. The molecule has 1 aliphatic heterocycles. The van der Waals surface area contributed by atoms with E-state index in [1.807, 2.05) is 59.3 Å². The molecule has 6 rings (SSSR count). The Labute approximate surface area is 209 Å². The highest BCUT2D eigenvalue weighted by molar-refractivity contribution is 7.22. The van der Waals surface area contributed by atoms with Crippen LogP contribution in [0.3, 0.4) is 0 Å². The zero-order valence-electron chi connectivity index (χ0n) is 19.0. The summed E-state index contributed by atoms with van der Waals surface area (Å²) >= 11 is 1.10.